The van der Waals surface area contributed by atoms with Gasteiger partial charge in [0.1, 0.15) is 42.7 Å². The van der Waals surface area contributed by atoms with Crippen LogP contribution in [-0.4, -0.2) is 115 Å². The average Bonchev–Trinajstić information content (AvgIpc) is 2.54. The van der Waals surface area contributed by atoms with E-state index in [1.165, 1.54) is 0 Å². The first-order chi connectivity index (χ1) is 11.2. The predicted molar refractivity (Wildman–Crippen MR) is 69.2 cm³/mol. The van der Waals surface area contributed by atoms with Gasteiger partial charge >= 0.3 is 5.97 Å². The second-order valence-corrected chi connectivity index (χ2v) is 5.56. The maximum Gasteiger partial charge on any atom is 0.335 e. The maximum absolute atomic E-state index is 11.0. The van der Waals surface area contributed by atoms with Gasteiger partial charge in [0.25, 0.3) is 0 Å². The molecule has 0 bridgehead atoms. The van der Waals surface area contributed by atoms with Crippen LogP contribution >= 0.6 is 0 Å². The normalized spacial score (nSPS) is 49.8. The van der Waals surface area contributed by atoms with Crippen molar-refractivity contribution in [3.05, 3.63) is 0 Å². The predicted octanol–water partition coefficient (Wildman–Crippen LogP) is -5.30. The van der Waals surface area contributed by atoms with Crippen molar-refractivity contribution >= 4 is 5.97 Å². The Morgan fingerprint density at radius 3 is 2.04 bits per heavy atom. The topological polar surface area (TPSA) is 207 Å². The lowest BCUT2D eigenvalue weighted by Gasteiger charge is -2.44. The van der Waals surface area contributed by atoms with Gasteiger partial charge in [0.2, 0.25) is 0 Å². The van der Waals surface area contributed by atoms with E-state index in [1.807, 2.05) is 0 Å². The van der Waals surface area contributed by atoms with E-state index in [4.69, 9.17) is 19.3 Å². The molecule has 0 aromatic carbocycles. The molecule has 0 spiro atoms. The van der Waals surface area contributed by atoms with Crippen LogP contribution < -0.4 is 0 Å². The number of hydrogen-bond donors (Lipinski definition) is 8. The maximum atomic E-state index is 11.0. The first-order valence-electron chi connectivity index (χ1n) is 7.07. The van der Waals surface area contributed by atoms with E-state index in [-0.39, 0.29) is 0 Å². The third-order valence-electron chi connectivity index (χ3n) is 3.94. The van der Waals surface area contributed by atoms with Crippen molar-refractivity contribution in [2.24, 2.45) is 0 Å². The fraction of sp³-hybridized carbons (Fsp3) is 0.917. The van der Waals surface area contributed by atoms with E-state index in [0.717, 1.165) is 0 Å². The number of carboxylic acid groups (broad SMARTS) is 1. The quantitative estimate of drug-likeness (QED) is 0.238. The summed E-state index contributed by atoms with van der Waals surface area (Å²) in [7, 11) is 0. The number of aliphatic hydroxyl groups is 7. The molecule has 2 aliphatic heterocycles. The molecule has 0 aromatic rings. The standard InChI is InChI=1S/C12H20O12/c13-1-2-8(5(16)6(17)11(21)22-2)23-12-7(18)3(14)4(15)9(24-12)10(19)20/h2-9,11-18,21H,1H2,(H,19,20)/t2-,3+,4-,5-,6-,7-,8-,9+,11+,12-/m1/s1. The molecular formula is C12H20O12. The van der Waals surface area contributed by atoms with Crippen LogP contribution in [0.3, 0.4) is 0 Å². The van der Waals surface area contributed by atoms with E-state index in [2.05, 4.69) is 0 Å². The summed E-state index contributed by atoms with van der Waals surface area (Å²) in [6.07, 6.45) is -17.7. The fourth-order valence-corrected chi connectivity index (χ4v) is 2.55. The van der Waals surface area contributed by atoms with E-state index in [1.54, 1.807) is 0 Å². The first-order valence-corrected chi connectivity index (χ1v) is 7.07. The van der Waals surface area contributed by atoms with Crippen molar-refractivity contribution in [2.75, 3.05) is 6.61 Å². The van der Waals surface area contributed by atoms with Crippen molar-refractivity contribution in [3.63, 3.8) is 0 Å². The molecule has 140 valence electrons. The molecule has 2 rings (SSSR count). The van der Waals surface area contributed by atoms with Crippen LogP contribution in [0, 0.1) is 0 Å². The Hall–Kier alpha value is -0.930. The summed E-state index contributed by atoms with van der Waals surface area (Å²) in [6, 6.07) is 0. The van der Waals surface area contributed by atoms with Crippen LogP contribution in [0.15, 0.2) is 0 Å². The fourth-order valence-electron chi connectivity index (χ4n) is 2.55. The van der Waals surface area contributed by atoms with Gasteiger partial charge in [0, 0.05) is 0 Å². The highest BCUT2D eigenvalue weighted by molar-refractivity contribution is 5.73. The number of ether oxygens (including phenoxy) is 3. The molecule has 10 atom stereocenters. The molecule has 0 radical (unpaired) electrons. The van der Waals surface area contributed by atoms with E-state index >= 15 is 0 Å². The molecule has 2 heterocycles. The molecule has 0 amide bonds. The molecule has 24 heavy (non-hydrogen) atoms. The molecule has 0 aliphatic carbocycles. The summed E-state index contributed by atoms with van der Waals surface area (Å²) < 4.78 is 14.9. The number of hydrogen-bond acceptors (Lipinski definition) is 11. The Morgan fingerprint density at radius 2 is 1.50 bits per heavy atom. The summed E-state index contributed by atoms with van der Waals surface area (Å²) in [5.74, 6) is -1.63. The SMILES string of the molecule is O=C(O)[C@H]1O[C@@H](O[C@H]2[C@H](O)[C@@H](O)[C@@H](O)O[C@@H]2CO)[C@H](O)[C@@H](O)[C@H]1O. The van der Waals surface area contributed by atoms with Crippen LogP contribution in [0.2, 0.25) is 0 Å². The van der Waals surface area contributed by atoms with E-state index < -0.39 is 74.0 Å². The van der Waals surface area contributed by atoms with E-state index in [9.17, 15) is 40.5 Å². The van der Waals surface area contributed by atoms with Crippen LogP contribution in [0.5, 0.6) is 0 Å². The van der Waals surface area contributed by atoms with Gasteiger partial charge in [-0.3, -0.25) is 0 Å². The summed E-state index contributed by atoms with van der Waals surface area (Å²) in [4.78, 5) is 11.0. The van der Waals surface area contributed by atoms with Gasteiger partial charge in [-0.15, -0.1) is 0 Å². The third-order valence-corrected chi connectivity index (χ3v) is 3.94. The summed E-state index contributed by atoms with van der Waals surface area (Å²) in [6.45, 7) is -0.748. The molecular weight excluding hydrogens is 336 g/mol. The molecule has 12 heteroatoms. The zero-order valence-corrected chi connectivity index (χ0v) is 12.2. The largest absolute Gasteiger partial charge is 0.479 e. The average molecular weight is 356 g/mol. The minimum atomic E-state index is -1.93. The molecule has 0 aromatic heterocycles. The zero-order chi connectivity index (χ0) is 18.2. The van der Waals surface area contributed by atoms with E-state index in [0.29, 0.717) is 0 Å². The third kappa shape index (κ3) is 3.52. The van der Waals surface area contributed by atoms with Gasteiger partial charge in [0.15, 0.2) is 18.7 Å². The second-order valence-electron chi connectivity index (χ2n) is 5.56. The highest BCUT2D eigenvalue weighted by Crippen LogP contribution is 2.28. The first kappa shape index (κ1) is 19.4. The highest BCUT2D eigenvalue weighted by Gasteiger charge is 2.51. The zero-order valence-electron chi connectivity index (χ0n) is 12.2. The highest BCUT2D eigenvalue weighted by atomic mass is 16.7. The minimum absolute atomic E-state index is 0.748. The van der Waals surface area contributed by atoms with Crippen molar-refractivity contribution in [1.29, 1.82) is 0 Å². The summed E-state index contributed by atoms with van der Waals surface area (Å²) in [5.41, 5.74) is 0. The van der Waals surface area contributed by atoms with Crippen molar-refractivity contribution in [1.82, 2.24) is 0 Å². The molecule has 12 nitrogen and oxygen atoms in total. The van der Waals surface area contributed by atoms with Gasteiger partial charge < -0.3 is 55.1 Å². The number of aliphatic carboxylic acids is 1. The second kappa shape index (κ2) is 7.53. The molecule has 8 N–H and O–H groups in total. The minimum Gasteiger partial charge on any atom is -0.479 e. The number of rotatable bonds is 4. The number of carbonyl (C=O) groups is 1. The Kier molecular flexibility index (Phi) is 6.09. The van der Waals surface area contributed by atoms with Gasteiger partial charge in [-0.1, -0.05) is 0 Å². The van der Waals surface area contributed by atoms with Crippen LogP contribution in [0.1, 0.15) is 0 Å². The lowest BCUT2D eigenvalue weighted by molar-refractivity contribution is -0.351. The Bertz CT molecular complexity index is 444. The molecule has 2 saturated heterocycles. The number of carboxylic acids is 1. The number of aliphatic hydroxyl groups excluding tert-OH is 7. The van der Waals surface area contributed by atoms with Crippen molar-refractivity contribution in [2.45, 2.75) is 61.4 Å². The molecule has 0 unspecified atom stereocenters. The summed E-state index contributed by atoms with van der Waals surface area (Å²) >= 11 is 0. The van der Waals surface area contributed by atoms with Crippen LogP contribution in [-0.2, 0) is 19.0 Å². The van der Waals surface area contributed by atoms with Crippen LogP contribution in [0.4, 0.5) is 0 Å². The molecule has 2 fully saturated rings. The van der Waals surface area contributed by atoms with Crippen molar-refractivity contribution < 1.29 is 59.9 Å². The molecule has 2 aliphatic rings. The van der Waals surface area contributed by atoms with Gasteiger partial charge in [0.05, 0.1) is 6.61 Å². The summed E-state index contributed by atoms with van der Waals surface area (Å²) in [5, 5.41) is 76.2. The smallest absolute Gasteiger partial charge is 0.335 e. The van der Waals surface area contributed by atoms with Gasteiger partial charge in [-0.05, 0) is 0 Å². The van der Waals surface area contributed by atoms with Gasteiger partial charge in [-0.25, -0.2) is 4.79 Å². The Balaban J connectivity index is 2.16. The molecule has 0 saturated carbocycles. The Labute approximate surface area is 135 Å². The monoisotopic (exact) mass is 356 g/mol. The van der Waals surface area contributed by atoms with Crippen LogP contribution in [0.25, 0.3) is 0 Å². The Morgan fingerprint density at radius 1 is 0.875 bits per heavy atom. The lowest BCUT2D eigenvalue weighted by Crippen LogP contribution is -2.64. The van der Waals surface area contributed by atoms with Gasteiger partial charge in [-0.2, -0.15) is 0 Å². The van der Waals surface area contributed by atoms with Crippen molar-refractivity contribution in [3.8, 4) is 0 Å². The lowest BCUT2D eigenvalue weighted by atomic mass is 9.97.